The summed E-state index contributed by atoms with van der Waals surface area (Å²) in [4.78, 5) is 0. The second kappa shape index (κ2) is 12.9. The molecule has 0 aliphatic heterocycles. The third-order valence-corrected chi connectivity index (χ3v) is 0.957. The molecule has 4 heteroatoms. The third kappa shape index (κ3) is 34.6. The van der Waals surface area contributed by atoms with Gasteiger partial charge in [0.1, 0.15) is 0 Å². The molecule has 0 heterocycles. The molecular weight excluding hydrogens is 209 g/mol. The average molecular weight is 224 g/mol. The van der Waals surface area contributed by atoms with Gasteiger partial charge in [-0.05, 0) is 0 Å². The van der Waals surface area contributed by atoms with Crippen LogP contribution < -0.4 is 0 Å². The summed E-state index contributed by atoms with van der Waals surface area (Å²) in [7, 11) is 0. The molecule has 0 aromatic heterocycles. The first-order valence-electron chi connectivity index (χ1n) is 3.42. The minimum absolute atomic E-state index is 1.20. The van der Waals surface area contributed by atoms with Crippen LogP contribution in [0.25, 0.3) is 0 Å². The Morgan fingerprint density at radius 2 is 1.10 bits per heavy atom. The van der Waals surface area contributed by atoms with E-state index in [1.165, 1.54) is 25.7 Å². The zero-order valence-electron chi connectivity index (χ0n) is 6.41. The Hall–Kier alpha value is 1.30. The van der Waals surface area contributed by atoms with Crippen molar-refractivity contribution >= 4 is 39.7 Å². The van der Waals surface area contributed by atoms with Gasteiger partial charge >= 0.3 is 0 Å². The van der Waals surface area contributed by atoms with Gasteiger partial charge in [-0.25, -0.2) is 0 Å². The van der Waals surface area contributed by atoms with Crippen molar-refractivity contribution in [1.82, 2.24) is 0 Å². The van der Waals surface area contributed by atoms with Crippen molar-refractivity contribution in [3.05, 3.63) is 0 Å². The van der Waals surface area contributed by atoms with E-state index in [4.69, 9.17) is 33.7 Å². The number of halogens is 3. The zero-order chi connectivity index (χ0) is 8.41. The van der Waals surface area contributed by atoms with Crippen molar-refractivity contribution in [3.63, 3.8) is 0 Å². The zero-order valence-corrected chi connectivity index (χ0v) is 9.57. The fraction of sp³-hybridized carbons (Fsp3) is 1.00. The van der Waals surface area contributed by atoms with Crippen LogP contribution in [0.2, 0.25) is 0 Å². The summed E-state index contributed by atoms with van der Waals surface area (Å²) in [5.74, 6) is -1.20. The van der Waals surface area contributed by atoms with Crippen molar-refractivity contribution in [3.8, 4) is 0 Å². The van der Waals surface area contributed by atoms with Gasteiger partial charge in [0.05, 0.1) is 0 Å². The lowest BCUT2D eigenvalue weighted by Gasteiger charge is -1.86. The summed E-state index contributed by atoms with van der Waals surface area (Å²) >= 11 is 14.6. The molecule has 0 unspecified atom stereocenters. The second-order valence-corrected chi connectivity index (χ2v) is 6.88. The SMILES string of the molecule is CCCCCC.ClP(Cl)Cl. The molecule has 0 spiro atoms. The van der Waals surface area contributed by atoms with Crippen LogP contribution in [0.4, 0.5) is 0 Å². The van der Waals surface area contributed by atoms with Gasteiger partial charge in [0, 0.05) is 0 Å². The quantitative estimate of drug-likeness (QED) is 0.437. The first kappa shape index (κ1) is 13.9. The number of hydrogen-bond donors (Lipinski definition) is 0. The van der Waals surface area contributed by atoms with E-state index in [-0.39, 0.29) is 0 Å². The highest BCUT2D eigenvalue weighted by atomic mass is 36.0. The van der Waals surface area contributed by atoms with Crippen molar-refractivity contribution in [1.29, 1.82) is 0 Å². The summed E-state index contributed by atoms with van der Waals surface area (Å²) < 4.78 is 0. The lowest BCUT2D eigenvalue weighted by atomic mass is 10.2. The van der Waals surface area contributed by atoms with Gasteiger partial charge in [-0.2, -0.15) is 0 Å². The predicted octanol–water partition coefficient (Wildman–Crippen LogP) is 5.52. The van der Waals surface area contributed by atoms with Crippen LogP contribution in [0, 0.1) is 0 Å². The molecule has 0 saturated carbocycles. The number of unbranched alkanes of at least 4 members (excludes halogenated alkanes) is 3. The lowest BCUT2D eigenvalue weighted by molar-refractivity contribution is 0.702. The Morgan fingerprint density at radius 3 is 1.20 bits per heavy atom. The van der Waals surface area contributed by atoms with E-state index in [1.54, 1.807) is 0 Å². The van der Waals surface area contributed by atoms with Crippen molar-refractivity contribution in [2.45, 2.75) is 39.5 Å². The minimum atomic E-state index is -1.20. The maximum absolute atomic E-state index is 4.87. The molecular formula is C6H14Cl3P. The molecule has 0 aromatic carbocycles. The first-order valence-corrected chi connectivity index (χ1v) is 7.48. The van der Waals surface area contributed by atoms with Crippen LogP contribution in [0.5, 0.6) is 0 Å². The molecule has 10 heavy (non-hydrogen) atoms. The average Bonchev–Trinajstić information content (AvgIpc) is 1.82. The van der Waals surface area contributed by atoms with Crippen molar-refractivity contribution < 1.29 is 0 Å². The van der Waals surface area contributed by atoms with Crippen LogP contribution in [-0.2, 0) is 0 Å². The molecule has 0 amide bonds. The Kier molecular flexibility index (Phi) is 17.9. The second-order valence-electron chi connectivity index (χ2n) is 1.90. The highest BCUT2D eigenvalue weighted by Crippen LogP contribution is 2.51. The van der Waals surface area contributed by atoms with Gasteiger partial charge in [0.25, 0.3) is 0 Å². The normalized spacial score (nSPS) is 9.00. The molecule has 0 aliphatic carbocycles. The Morgan fingerprint density at radius 1 is 0.900 bits per heavy atom. The van der Waals surface area contributed by atoms with Crippen LogP contribution in [0.1, 0.15) is 39.5 Å². The minimum Gasteiger partial charge on any atom is -0.0654 e. The summed E-state index contributed by atoms with van der Waals surface area (Å²) in [5.41, 5.74) is 0. The Balaban J connectivity index is 0. The van der Waals surface area contributed by atoms with Crippen LogP contribution in [0.3, 0.4) is 0 Å². The molecule has 0 N–H and O–H groups in total. The van der Waals surface area contributed by atoms with E-state index < -0.39 is 5.98 Å². The molecule has 0 fully saturated rings. The van der Waals surface area contributed by atoms with Crippen molar-refractivity contribution in [2.75, 3.05) is 0 Å². The molecule has 64 valence electrons. The molecule has 0 rings (SSSR count). The Labute approximate surface area is 79.4 Å². The van der Waals surface area contributed by atoms with Crippen LogP contribution in [0.15, 0.2) is 0 Å². The summed E-state index contributed by atoms with van der Waals surface area (Å²) in [6.07, 6.45) is 5.54. The van der Waals surface area contributed by atoms with E-state index in [9.17, 15) is 0 Å². The third-order valence-electron chi connectivity index (χ3n) is 0.957. The molecule has 0 aliphatic rings. The van der Waals surface area contributed by atoms with E-state index in [0.29, 0.717) is 0 Å². The highest BCUT2D eigenvalue weighted by Gasteiger charge is 1.80. The highest BCUT2D eigenvalue weighted by molar-refractivity contribution is 8.20. The topological polar surface area (TPSA) is 0 Å². The van der Waals surface area contributed by atoms with Gasteiger partial charge in [-0.3, -0.25) is 0 Å². The summed E-state index contributed by atoms with van der Waals surface area (Å²) in [6.45, 7) is 4.46. The summed E-state index contributed by atoms with van der Waals surface area (Å²) in [6, 6.07) is 0. The van der Waals surface area contributed by atoms with E-state index in [1.807, 2.05) is 0 Å². The molecule has 0 nitrogen and oxygen atoms in total. The monoisotopic (exact) mass is 222 g/mol. The first-order chi connectivity index (χ1) is 4.65. The van der Waals surface area contributed by atoms with Crippen LogP contribution in [-0.4, -0.2) is 0 Å². The van der Waals surface area contributed by atoms with Gasteiger partial charge in [-0.1, -0.05) is 73.3 Å². The molecule has 0 radical (unpaired) electrons. The van der Waals surface area contributed by atoms with E-state index in [2.05, 4.69) is 13.8 Å². The van der Waals surface area contributed by atoms with Gasteiger partial charge in [-0.15, -0.1) is 0 Å². The fourth-order valence-electron chi connectivity index (χ4n) is 0.500. The van der Waals surface area contributed by atoms with E-state index >= 15 is 0 Å². The maximum atomic E-state index is 4.87. The molecule has 0 saturated heterocycles. The largest absolute Gasteiger partial charge is 0.179 e. The molecule has 0 bridgehead atoms. The lowest BCUT2D eigenvalue weighted by Crippen LogP contribution is -1.66. The Bertz CT molecular complexity index is 43.5. The van der Waals surface area contributed by atoms with E-state index in [0.717, 1.165) is 0 Å². The predicted molar refractivity (Wildman–Crippen MR) is 54.3 cm³/mol. The standard InChI is InChI=1S/C6H14.Cl3P/c1-3-5-6-4-2;1-4(2)3/h3-6H2,1-2H3;. The molecule has 0 aromatic rings. The smallest absolute Gasteiger partial charge is 0.0654 e. The van der Waals surface area contributed by atoms with Gasteiger partial charge in [0.2, 0.25) is 0 Å². The van der Waals surface area contributed by atoms with Crippen molar-refractivity contribution in [2.24, 2.45) is 0 Å². The fourth-order valence-corrected chi connectivity index (χ4v) is 0.500. The van der Waals surface area contributed by atoms with Gasteiger partial charge < -0.3 is 0 Å². The number of hydrogen-bond acceptors (Lipinski definition) is 0. The molecule has 0 atom stereocenters. The van der Waals surface area contributed by atoms with Crippen LogP contribution >= 0.6 is 39.7 Å². The number of rotatable bonds is 3. The maximum Gasteiger partial charge on any atom is 0.179 e. The van der Waals surface area contributed by atoms with Gasteiger partial charge in [0.15, 0.2) is 5.98 Å². The summed E-state index contributed by atoms with van der Waals surface area (Å²) in [5, 5.41) is 0.